The molecule has 32 heavy (non-hydrogen) atoms. The van der Waals surface area contributed by atoms with E-state index < -0.39 is 23.9 Å². The third-order valence-electron chi connectivity index (χ3n) is 4.46. The number of halogens is 3. The fourth-order valence-electron chi connectivity index (χ4n) is 3.01. The Morgan fingerprint density at radius 2 is 1.91 bits per heavy atom. The van der Waals surface area contributed by atoms with Crippen LogP contribution in [-0.2, 0) is 6.18 Å². The molecule has 7 nitrogen and oxygen atoms in total. The molecule has 0 spiro atoms. The van der Waals surface area contributed by atoms with Crippen LogP contribution >= 0.6 is 0 Å². The van der Waals surface area contributed by atoms with E-state index in [1.165, 1.54) is 12.1 Å². The second-order valence-corrected chi connectivity index (χ2v) is 7.21. The van der Waals surface area contributed by atoms with E-state index in [4.69, 9.17) is 4.74 Å². The minimum absolute atomic E-state index is 0.0238. The number of aromatic nitrogens is 2. The Kier molecular flexibility index (Phi) is 7.04. The van der Waals surface area contributed by atoms with Gasteiger partial charge in [-0.2, -0.15) is 18.3 Å². The van der Waals surface area contributed by atoms with Crippen molar-refractivity contribution in [3.05, 3.63) is 71.5 Å². The number of amides is 2. The molecule has 170 valence electrons. The van der Waals surface area contributed by atoms with Crippen molar-refractivity contribution in [3.8, 4) is 11.4 Å². The molecule has 3 rings (SSSR count). The standard InChI is InChI=1S/C22H23F3N4O3/c1-14-9-15(2)29(28-14)18-7-4-6-17(11-18)27-21(31)26-12-19(30)13-32-20-8-3-5-16(10-20)22(23,24)25/h3-11,19,30H,12-13H2,1-2H3,(H2,26,27,31). The molecule has 10 heteroatoms. The van der Waals surface area contributed by atoms with Gasteiger partial charge in [0.2, 0.25) is 0 Å². The molecule has 3 N–H and O–H groups in total. The maximum absolute atomic E-state index is 12.7. The Hall–Kier alpha value is -3.53. The average molecular weight is 448 g/mol. The number of benzene rings is 2. The lowest BCUT2D eigenvalue weighted by Crippen LogP contribution is -2.37. The fourth-order valence-corrected chi connectivity index (χ4v) is 3.01. The molecule has 3 aromatic rings. The molecule has 0 fully saturated rings. The highest BCUT2D eigenvalue weighted by molar-refractivity contribution is 5.89. The quantitative estimate of drug-likeness (QED) is 0.509. The SMILES string of the molecule is Cc1cc(C)n(-c2cccc(NC(=O)NCC(O)COc3cccc(C(F)(F)F)c3)c2)n1. The number of urea groups is 1. The number of nitrogens with one attached hydrogen (secondary N) is 2. The minimum atomic E-state index is -4.48. The van der Waals surface area contributed by atoms with E-state index in [1.807, 2.05) is 26.0 Å². The van der Waals surface area contributed by atoms with Crippen LogP contribution in [-0.4, -0.2) is 40.2 Å². The van der Waals surface area contributed by atoms with Gasteiger partial charge in [0.15, 0.2) is 0 Å². The zero-order valence-electron chi connectivity index (χ0n) is 17.5. The summed E-state index contributed by atoms with van der Waals surface area (Å²) in [7, 11) is 0. The number of ether oxygens (including phenoxy) is 1. The summed E-state index contributed by atoms with van der Waals surface area (Å²) in [4.78, 5) is 12.1. The number of anilines is 1. The Bertz CT molecular complexity index is 1080. The van der Waals surface area contributed by atoms with E-state index in [9.17, 15) is 23.1 Å². The van der Waals surface area contributed by atoms with Gasteiger partial charge in [0.1, 0.15) is 18.5 Å². The molecule has 0 aliphatic heterocycles. The van der Waals surface area contributed by atoms with Gasteiger partial charge in [-0.05, 0) is 56.3 Å². The van der Waals surface area contributed by atoms with E-state index in [0.717, 1.165) is 29.2 Å². The van der Waals surface area contributed by atoms with Crippen LogP contribution in [0.4, 0.5) is 23.7 Å². The van der Waals surface area contributed by atoms with Gasteiger partial charge in [-0.25, -0.2) is 9.48 Å². The van der Waals surface area contributed by atoms with Gasteiger partial charge >= 0.3 is 12.2 Å². The summed E-state index contributed by atoms with van der Waals surface area (Å²) in [6.07, 6.45) is -5.60. The number of carbonyl (C=O) groups is 1. The summed E-state index contributed by atoms with van der Waals surface area (Å²) in [5, 5.41) is 19.5. The molecule has 1 aromatic heterocycles. The van der Waals surface area contributed by atoms with Crippen LogP contribution in [0.5, 0.6) is 5.75 Å². The zero-order chi connectivity index (χ0) is 23.3. The number of nitrogens with zero attached hydrogens (tertiary/aromatic N) is 2. The van der Waals surface area contributed by atoms with E-state index in [-0.39, 0.29) is 18.9 Å². The van der Waals surface area contributed by atoms with Crippen LogP contribution in [0.3, 0.4) is 0 Å². The Morgan fingerprint density at radius 1 is 1.16 bits per heavy atom. The molecular formula is C22H23F3N4O3. The van der Waals surface area contributed by atoms with Gasteiger partial charge in [0, 0.05) is 17.9 Å². The lowest BCUT2D eigenvalue weighted by molar-refractivity contribution is -0.137. The van der Waals surface area contributed by atoms with Crippen LogP contribution < -0.4 is 15.4 Å². The Labute approximate surface area is 182 Å². The summed E-state index contributed by atoms with van der Waals surface area (Å²) in [6.45, 7) is 3.38. The lowest BCUT2D eigenvalue weighted by atomic mass is 10.2. The highest BCUT2D eigenvalue weighted by Gasteiger charge is 2.30. The Balaban J connectivity index is 1.49. The maximum Gasteiger partial charge on any atom is 0.416 e. The zero-order valence-corrected chi connectivity index (χ0v) is 17.5. The third-order valence-corrected chi connectivity index (χ3v) is 4.46. The molecule has 0 aliphatic rings. The first-order valence-corrected chi connectivity index (χ1v) is 9.78. The van der Waals surface area contributed by atoms with Gasteiger partial charge in [0.05, 0.1) is 16.9 Å². The predicted molar refractivity (Wildman–Crippen MR) is 113 cm³/mol. The first kappa shape index (κ1) is 23.1. The van der Waals surface area contributed by atoms with E-state index in [2.05, 4.69) is 15.7 Å². The number of hydrogen-bond acceptors (Lipinski definition) is 4. The van der Waals surface area contributed by atoms with Crippen LogP contribution in [0.2, 0.25) is 0 Å². The van der Waals surface area contributed by atoms with Gasteiger partial charge in [-0.3, -0.25) is 0 Å². The van der Waals surface area contributed by atoms with Crippen molar-refractivity contribution >= 4 is 11.7 Å². The molecule has 1 atom stereocenters. The number of alkyl halides is 3. The summed E-state index contributed by atoms with van der Waals surface area (Å²) in [5.41, 5.74) is 2.29. The van der Waals surface area contributed by atoms with Crippen molar-refractivity contribution in [3.63, 3.8) is 0 Å². The van der Waals surface area contributed by atoms with Gasteiger partial charge in [-0.15, -0.1) is 0 Å². The van der Waals surface area contributed by atoms with E-state index in [1.54, 1.807) is 22.9 Å². The number of hydrogen-bond donors (Lipinski definition) is 3. The third kappa shape index (κ3) is 6.24. The van der Waals surface area contributed by atoms with Crippen LogP contribution in [0.15, 0.2) is 54.6 Å². The van der Waals surface area contributed by atoms with Crippen LogP contribution in [0.25, 0.3) is 5.69 Å². The molecular weight excluding hydrogens is 425 g/mol. The van der Waals surface area contributed by atoms with Crippen molar-refractivity contribution in [2.24, 2.45) is 0 Å². The van der Waals surface area contributed by atoms with Crippen molar-refractivity contribution in [2.75, 3.05) is 18.5 Å². The minimum Gasteiger partial charge on any atom is -0.491 e. The molecule has 2 aromatic carbocycles. The average Bonchev–Trinajstić information content (AvgIpc) is 3.08. The van der Waals surface area contributed by atoms with Crippen LogP contribution in [0, 0.1) is 13.8 Å². The summed E-state index contributed by atoms with van der Waals surface area (Å²) < 4.78 is 45.2. The highest BCUT2D eigenvalue weighted by atomic mass is 19.4. The van der Waals surface area contributed by atoms with Crippen LogP contribution in [0.1, 0.15) is 17.0 Å². The first-order valence-electron chi connectivity index (χ1n) is 9.78. The normalized spacial score (nSPS) is 12.3. The molecule has 1 heterocycles. The Morgan fingerprint density at radius 3 is 2.59 bits per heavy atom. The maximum atomic E-state index is 12.7. The second-order valence-electron chi connectivity index (χ2n) is 7.21. The molecule has 1 unspecified atom stereocenters. The molecule has 0 saturated carbocycles. The summed E-state index contributed by atoms with van der Waals surface area (Å²) in [6, 6.07) is 12.9. The van der Waals surface area contributed by atoms with Gasteiger partial charge in [-0.1, -0.05) is 12.1 Å². The van der Waals surface area contributed by atoms with Gasteiger partial charge in [0.25, 0.3) is 0 Å². The molecule has 0 radical (unpaired) electrons. The monoisotopic (exact) mass is 448 g/mol. The summed E-state index contributed by atoms with van der Waals surface area (Å²) in [5.74, 6) is -0.0238. The molecule has 2 amide bonds. The van der Waals surface area contributed by atoms with Crippen molar-refractivity contribution in [2.45, 2.75) is 26.1 Å². The molecule has 0 aliphatic carbocycles. The first-order chi connectivity index (χ1) is 15.1. The highest BCUT2D eigenvalue weighted by Crippen LogP contribution is 2.31. The largest absolute Gasteiger partial charge is 0.491 e. The summed E-state index contributed by atoms with van der Waals surface area (Å²) >= 11 is 0. The number of rotatable bonds is 7. The van der Waals surface area contributed by atoms with Crippen molar-refractivity contribution < 1.29 is 27.8 Å². The van der Waals surface area contributed by atoms with Crippen molar-refractivity contribution in [1.82, 2.24) is 15.1 Å². The fraction of sp³-hybridized carbons (Fsp3) is 0.273. The topological polar surface area (TPSA) is 88.4 Å². The second kappa shape index (κ2) is 9.73. The van der Waals surface area contributed by atoms with Gasteiger partial charge < -0.3 is 20.5 Å². The number of carbonyl (C=O) groups excluding carboxylic acids is 1. The number of aliphatic hydroxyl groups is 1. The smallest absolute Gasteiger partial charge is 0.416 e. The molecule has 0 bridgehead atoms. The lowest BCUT2D eigenvalue weighted by Gasteiger charge is -2.15. The van der Waals surface area contributed by atoms with Crippen molar-refractivity contribution in [1.29, 1.82) is 0 Å². The van der Waals surface area contributed by atoms with E-state index in [0.29, 0.717) is 5.69 Å². The molecule has 0 saturated heterocycles. The number of aliphatic hydroxyl groups excluding tert-OH is 1. The van der Waals surface area contributed by atoms with E-state index >= 15 is 0 Å². The predicted octanol–water partition coefficient (Wildman–Crippen LogP) is 4.07. The number of aryl methyl sites for hydroxylation is 2.